The van der Waals surface area contributed by atoms with Crippen molar-refractivity contribution in [2.45, 2.75) is 39.3 Å². The lowest BCUT2D eigenvalue weighted by molar-refractivity contribution is 0.244. The summed E-state index contributed by atoms with van der Waals surface area (Å²) in [7, 11) is 0. The highest BCUT2D eigenvalue weighted by atomic mass is 19.1. The maximum absolute atomic E-state index is 13.5. The minimum absolute atomic E-state index is 0.144. The number of halogens is 1. The zero-order valence-electron chi connectivity index (χ0n) is 12.4. The van der Waals surface area contributed by atoms with Crippen LogP contribution in [0.5, 0.6) is 0 Å². The molecule has 1 aromatic rings. The van der Waals surface area contributed by atoms with Crippen molar-refractivity contribution in [1.29, 1.82) is 0 Å². The number of rotatable bonds is 6. The molecule has 0 radical (unpaired) electrons. The Labute approximate surface area is 120 Å². The molecule has 0 aromatic heterocycles. The van der Waals surface area contributed by atoms with Gasteiger partial charge in [-0.2, -0.15) is 0 Å². The van der Waals surface area contributed by atoms with E-state index >= 15 is 0 Å². The average molecular weight is 280 g/mol. The number of hydrogen-bond donors (Lipinski definition) is 2. The van der Waals surface area contributed by atoms with Gasteiger partial charge in [0.1, 0.15) is 5.82 Å². The summed E-state index contributed by atoms with van der Waals surface area (Å²) < 4.78 is 13.5. The predicted octanol–water partition coefficient (Wildman–Crippen LogP) is 2.53. The van der Waals surface area contributed by atoms with Gasteiger partial charge >= 0.3 is 0 Å². The van der Waals surface area contributed by atoms with Crippen LogP contribution in [-0.2, 0) is 6.54 Å². The molecule has 1 saturated heterocycles. The van der Waals surface area contributed by atoms with Crippen molar-refractivity contribution in [3.63, 3.8) is 0 Å². The summed E-state index contributed by atoms with van der Waals surface area (Å²) >= 11 is 0. The van der Waals surface area contributed by atoms with Gasteiger partial charge in [0.25, 0.3) is 0 Å². The summed E-state index contributed by atoms with van der Waals surface area (Å²) in [4.78, 5) is 2.23. The first-order valence-electron chi connectivity index (χ1n) is 7.54. The van der Waals surface area contributed by atoms with Crippen molar-refractivity contribution in [1.82, 2.24) is 5.32 Å². The number of nitrogens with zero attached hydrogens (tertiary/aromatic N) is 1. The van der Waals surface area contributed by atoms with E-state index in [1.54, 1.807) is 6.07 Å². The minimum atomic E-state index is -0.199. The Morgan fingerprint density at radius 1 is 1.45 bits per heavy atom. The summed E-state index contributed by atoms with van der Waals surface area (Å²) in [6.45, 7) is 6.96. The molecule has 0 spiro atoms. The zero-order chi connectivity index (χ0) is 14.5. The van der Waals surface area contributed by atoms with Gasteiger partial charge in [-0.3, -0.25) is 0 Å². The highest BCUT2D eigenvalue weighted by molar-refractivity contribution is 5.55. The van der Waals surface area contributed by atoms with Gasteiger partial charge in [0.05, 0.1) is 12.6 Å². The van der Waals surface area contributed by atoms with Crippen LogP contribution in [-0.4, -0.2) is 30.8 Å². The van der Waals surface area contributed by atoms with Crippen LogP contribution >= 0.6 is 0 Å². The lowest BCUT2D eigenvalue weighted by atomic mass is 10.0. The lowest BCUT2D eigenvalue weighted by Gasteiger charge is -2.29. The number of aliphatic hydroxyl groups is 1. The quantitative estimate of drug-likeness (QED) is 0.786. The highest BCUT2D eigenvalue weighted by Gasteiger charge is 2.31. The third-order valence-corrected chi connectivity index (χ3v) is 4.16. The Balaban J connectivity index is 2.21. The van der Waals surface area contributed by atoms with Crippen molar-refractivity contribution in [2.75, 3.05) is 24.6 Å². The summed E-state index contributed by atoms with van der Waals surface area (Å²) in [5, 5.41) is 12.9. The van der Waals surface area contributed by atoms with Crippen LogP contribution < -0.4 is 10.2 Å². The molecule has 0 amide bonds. The van der Waals surface area contributed by atoms with E-state index in [4.69, 9.17) is 0 Å². The Hall–Kier alpha value is -1.13. The molecule has 3 nitrogen and oxygen atoms in total. The molecule has 1 aromatic carbocycles. The van der Waals surface area contributed by atoms with Crippen LogP contribution in [0.15, 0.2) is 18.2 Å². The van der Waals surface area contributed by atoms with Gasteiger partial charge in [-0.15, -0.1) is 0 Å². The van der Waals surface area contributed by atoms with Gasteiger partial charge in [0.2, 0.25) is 0 Å². The molecule has 4 heteroatoms. The lowest BCUT2D eigenvalue weighted by Crippen LogP contribution is -2.36. The molecule has 0 bridgehead atoms. The fourth-order valence-electron chi connectivity index (χ4n) is 2.96. The van der Waals surface area contributed by atoms with Crippen molar-refractivity contribution in [3.05, 3.63) is 29.6 Å². The smallest absolute Gasteiger partial charge is 0.123 e. The van der Waals surface area contributed by atoms with E-state index < -0.39 is 0 Å². The fourth-order valence-corrected chi connectivity index (χ4v) is 2.96. The van der Waals surface area contributed by atoms with Crippen LogP contribution in [0.25, 0.3) is 0 Å². The second kappa shape index (κ2) is 7.04. The van der Waals surface area contributed by atoms with Crippen LogP contribution in [0.4, 0.5) is 10.1 Å². The summed E-state index contributed by atoms with van der Waals surface area (Å²) in [5.74, 6) is 0.274. The largest absolute Gasteiger partial charge is 0.394 e. The van der Waals surface area contributed by atoms with Crippen LogP contribution in [0, 0.1) is 11.7 Å². The molecule has 1 fully saturated rings. The molecule has 2 unspecified atom stereocenters. The maximum Gasteiger partial charge on any atom is 0.123 e. The molecule has 1 aliphatic heterocycles. The van der Waals surface area contributed by atoms with Crippen molar-refractivity contribution in [3.8, 4) is 0 Å². The second-order valence-electron chi connectivity index (χ2n) is 5.66. The van der Waals surface area contributed by atoms with Gasteiger partial charge in [-0.1, -0.05) is 13.8 Å². The third-order valence-electron chi connectivity index (χ3n) is 4.16. The van der Waals surface area contributed by atoms with E-state index in [0.29, 0.717) is 12.5 Å². The molecule has 112 valence electrons. The second-order valence-corrected chi connectivity index (χ2v) is 5.66. The van der Waals surface area contributed by atoms with Crippen molar-refractivity contribution < 1.29 is 9.50 Å². The summed E-state index contributed by atoms with van der Waals surface area (Å²) in [6, 6.07) is 5.11. The molecule has 2 rings (SSSR count). The van der Waals surface area contributed by atoms with Crippen LogP contribution in [0.1, 0.15) is 32.3 Å². The molecule has 2 N–H and O–H groups in total. The zero-order valence-corrected chi connectivity index (χ0v) is 12.4. The van der Waals surface area contributed by atoms with E-state index in [9.17, 15) is 9.50 Å². The minimum Gasteiger partial charge on any atom is -0.394 e. The number of nitrogens with one attached hydrogen (secondary N) is 1. The van der Waals surface area contributed by atoms with Crippen molar-refractivity contribution in [2.24, 2.45) is 5.92 Å². The number of aliphatic hydroxyl groups excluding tert-OH is 1. The predicted molar refractivity (Wildman–Crippen MR) is 80.4 cm³/mol. The molecule has 0 saturated carbocycles. The SMILES string of the molecule is CCCNCc1cc(F)ccc1N1CCC(C)C1CO. The number of benzene rings is 1. The normalized spacial score (nSPS) is 22.5. The monoisotopic (exact) mass is 280 g/mol. The van der Waals surface area contributed by atoms with Gasteiger partial charge in [0, 0.05) is 18.8 Å². The van der Waals surface area contributed by atoms with Crippen LogP contribution in [0.2, 0.25) is 0 Å². The maximum atomic E-state index is 13.5. The first kappa shape index (κ1) is 15.3. The van der Waals surface area contributed by atoms with E-state index in [0.717, 1.165) is 37.2 Å². The molecule has 1 aliphatic rings. The molecule has 0 aliphatic carbocycles. The Morgan fingerprint density at radius 2 is 2.25 bits per heavy atom. The molecule has 2 atom stereocenters. The third kappa shape index (κ3) is 3.30. The van der Waals surface area contributed by atoms with Crippen LogP contribution in [0.3, 0.4) is 0 Å². The summed E-state index contributed by atoms with van der Waals surface area (Å²) in [5.41, 5.74) is 2.03. The van der Waals surface area contributed by atoms with Gasteiger partial charge in [-0.05, 0) is 49.1 Å². The van der Waals surface area contributed by atoms with E-state index in [1.807, 2.05) is 6.07 Å². The van der Waals surface area contributed by atoms with Gasteiger partial charge in [-0.25, -0.2) is 4.39 Å². The topological polar surface area (TPSA) is 35.5 Å². The first-order valence-corrected chi connectivity index (χ1v) is 7.54. The van der Waals surface area contributed by atoms with Gasteiger partial charge < -0.3 is 15.3 Å². The summed E-state index contributed by atoms with van der Waals surface area (Å²) in [6.07, 6.45) is 2.13. The molecular formula is C16H25FN2O. The van der Waals surface area contributed by atoms with Crippen molar-refractivity contribution >= 4 is 5.69 Å². The fraction of sp³-hybridized carbons (Fsp3) is 0.625. The molecular weight excluding hydrogens is 255 g/mol. The average Bonchev–Trinajstić information content (AvgIpc) is 2.80. The first-order chi connectivity index (χ1) is 9.67. The molecule has 1 heterocycles. The van der Waals surface area contributed by atoms with E-state index in [2.05, 4.69) is 24.1 Å². The van der Waals surface area contributed by atoms with Gasteiger partial charge in [0.15, 0.2) is 0 Å². The highest BCUT2D eigenvalue weighted by Crippen LogP contribution is 2.32. The Kier molecular flexibility index (Phi) is 5.38. The Bertz CT molecular complexity index is 438. The molecule has 20 heavy (non-hydrogen) atoms. The number of hydrogen-bond acceptors (Lipinski definition) is 3. The van der Waals surface area contributed by atoms with E-state index in [-0.39, 0.29) is 18.5 Å². The number of anilines is 1. The standard InChI is InChI=1S/C16H25FN2O/c1-3-7-18-10-13-9-14(17)4-5-15(13)19-8-6-12(2)16(19)11-20/h4-5,9,12,16,18,20H,3,6-8,10-11H2,1-2H3. The Morgan fingerprint density at radius 3 is 2.95 bits per heavy atom. The van der Waals surface area contributed by atoms with E-state index in [1.165, 1.54) is 6.07 Å².